The van der Waals surface area contributed by atoms with Crippen LogP contribution in [-0.2, 0) is 13.1 Å². The van der Waals surface area contributed by atoms with Crippen molar-refractivity contribution in [2.24, 2.45) is 0 Å². The summed E-state index contributed by atoms with van der Waals surface area (Å²) in [6.45, 7) is 8.12. The van der Waals surface area contributed by atoms with Gasteiger partial charge in [0.2, 0.25) is 6.79 Å². The van der Waals surface area contributed by atoms with Crippen LogP contribution in [0.25, 0.3) is 0 Å². The molecule has 1 saturated heterocycles. The summed E-state index contributed by atoms with van der Waals surface area (Å²) >= 11 is 5.60. The van der Waals surface area contributed by atoms with Crippen LogP contribution in [0.15, 0.2) is 42.5 Å². The molecule has 0 atom stereocenters. The van der Waals surface area contributed by atoms with E-state index in [0.29, 0.717) is 13.3 Å². The number of thiocarbonyl (C=S) groups is 1. The Hall–Kier alpha value is -2.31. The van der Waals surface area contributed by atoms with Crippen LogP contribution in [0, 0.1) is 6.92 Å². The average Bonchev–Trinajstić information content (AvgIpc) is 3.14. The van der Waals surface area contributed by atoms with Crippen molar-refractivity contribution in [2.45, 2.75) is 20.0 Å². The molecule has 2 aliphatic heterocycles. The molecule has 0 aliphatic carbocycles. The molecular formula is C21H25N3O2S. The van der Waals surface area contributed by atoms with Crippen LogP contribution in [0.5, 0.6) is 11.5 Å². The Balaban J connectivity index is 1.24. The highest BCUT2D eigenvalue weighted by Crippen LogP contribution is 2.32. The fourth-order valence-electron chi connectivity index (χ4n) is 3.52. The van der Waals surface area contributed by atoms with E-state index in [9.17, 15) is 0 Å². The summed E-state index contributed by atoms with van der Waals surface area (Å²) in [4.78, 5) is 4.75. The molecule has 0 unspecified atom stereocenters. The van der Waals surface area contributed by atoms with Crippen molar-refractivity contribution in [1.29, 1.82) is 0 Å². The first kappa shape index (κ1) is 18.1. The molecule has 0 amide bonds. The summed E-state index contributed by atoms with van der Waals surface area (Å²) < 4.78 is 10.8. The molecular weight excluding hydrogens is 358 g/mol. The maximum atomic E-state index is 5.60. The van der Waals surface area contributed by atoms with Gasteiger partial charge in [-0.25, -0.2) is 0 Å². The number of nitrogens with zero attached hydrogens (tertiary/aromatic N) is 2. The lowest BCUT2D eigenvalue weighted by Gasteiger charge is -2.36. The summed E-state index contributed by atoms with van der Waals surface area (Å²) in [5.74, 6) is 1.62. The molecule has 5 nitrogen and oxygen atoms in total. The Morgan fingerprint density at radius 3 is 2.63 bits per heavy atom. The van der Waals surface area contributed by atoms with Crippen molar-refractivity contribution in [1.82, 2.24) is 15.1 Å². The average molecular weight is 384 g/mol. The number of hydrogen-bond acceptors (Lipinski definition) is 4. The quantitative estimate of drug-likeness (QED) is 0.819. The number of piperazine rings is 1. The smallest absolute Gasteiger partial charge is 0.231 e. The first-order chi connectivity index (χ1) is 13.2. The van der Waals surface area contributed by atoms with Crippen molar-refractivity contribution < 1.29 is 9.47 Å². The van der Waals surface area contributed by atoms with E-state index >= 15 is 0 Å². The third-order valence-corrected chi connectivity index (χ3v) is 5.43. The third-order valence-electron chi connectivity index (χ3n) is 5.03. The van der Waals surface area contributed by atoms with Crippen LogP contribution in [0.1, 0.15) is 16.7 Å². The number of fused-ring (bicyclic) bond motifs is 1. The molecule has 6 heteroatoms. The number of aryl methyl sites for hydroxylation is 1. The molecule has 1 fully saturated rings. The number of nitrogens with one attached hydrogen (secondary N) is 1. The van der Waals surface area contributed by atoms with E-state index < -0.39 is 0 Å². The maximum Gasteiger partial charge on any atom is 0.231 e. The van der Waals surface area contributed by atoms with Gasteiger partial charge in [-0.1, -0.05) is 35.9 Å². The highest BCUT2D eigenvalue weighted by molar-refractivity contribution is 7.80. The summed E-state index contributed by atoms with van der Waals surface area (Å²) in [5.41, 5.74) is 3.84. The molecule has 2 aromatic carbocycles. The van der Waals surface area contributed by atoms with E-state index in [0.717, 1.165) is 54.9 Å². The van der Waals surface area contributed by atoms with Crippen LogP contribution in [0.2, 0.25) is 0 Å². The highest BCUT2D eigenvalue weighted by atomic mass is 32.1. The molecule has 4 rings (SSSR count). The number of ether oxygens (including phenoxy) is 2. The largest absolute Gasteiger partial charge is 0.454 e. The third kappa shape index (κ3) is 4.51. The molecule has 0 aromatic heterocycles. The molecule has 1 N–H and O–H groups in total. The van der Waals surface area contributed by atoms with E-state index in [1.165, 1.54) is 11.1 Å². The zero-order chi connectivity index (χ0) is 18.6. The second kappa shape index (κ2) is 8.15. The Morgan fingerprint density at radius 1 is 1.00 bits per heavy atom. The standard InChI is InChI=1S/C21H25N3O2S/c1-16-3-2-4-18(11-16)14-23-7-9-24(10-8-23)21(27)22-13-17-5-6-19-20(12-17)26-15-25-19/h2-6,11-12H,7-10,13-15H2,1H3,(H,22,27). The van der Waals surface area contributed by atoms with Gasteiger partial charge >= 0.3 is 0 Å². The van der Waals surface area contributed by atoms with Crippen molar-refractivity contribution in [2.75, 3.05) is 33.0 Å². The summed E-state index contributed by atoms with van der Waals surface area (Å²) in [6.07, 6.45) is 0. The minimum Gasteiger partial charge on any atom is -0.454 e. The van der Waals surface area contributed by atoms with Gasteiger partial charge in [-0.3, -0.25) is 4.90 Å². The van der Waals surface area contributed by atoms with Crippen molar-refractivity contribution in [3.63, 3.8) is 0 Å². The zero-order valence-corrected chi connectivity index (χ0v) is 16.4. The fourth-order valence-corrected chi connectivity index (χ4v) is 3.77. The first-order valence-electron chi connectivity index (χ1n) is 9.36. The highest BCUT2D eigenvalue weighted by Gasteiger charge is 2.19. The van der Waals surface area contributed by atoms with Gasteiger partial charge in [-0.2, -0.15) is 0 Å². The van der Waals surface area contributed by atoms with Gasteiger partial charge in [-0.05, 0) is 42.4 Å². The second-order valence-corrected chi connectivity index (χ2v) is 7.49. The van der Waals surface area contributed by atoms with E-state index in [-0.39, 0.29) is 0 Å². The Morgan fingerprint density at radius 2 is 1.81 bits per heavy atom. The maximum absolute atomic E-state index is 5.60. The second-order valence-electron chi connectivity index (χ2n) is 7.10. The topological polar surface area (TPSA) is 37.0 Å². The molecule has 0 spiro atoms. The molecule has 0 bridgehead atoms. The lowest BCUT2D eigenvalue weighted by molar-refractivity contribution is 0.173. The van der Waals surface area contributed by atoms with Gasteiger partial charge in [0.1, 0.15) is 0 Å². The number of hydrogen-bond donors (Lipinski definition) is 1. The molecule has 2 heterocycles. The van der Waals surface area contributed by atoms with E-state index in [1.54, 1.807) is 0 Å². The van der Waals surface area contributed by atoms with Crippen LogP contribution >= 0.6 is 12.2 Å². The van der Waals surface area contributed by atoms with Crippen molar-refractivity contribution in [3.05, 3.63) is 59.2 Å². The SMILES string of the molecule is Cc1cccc(CN2CCN(C(=S)NCc3ccc4c(c3)OCO4)CC2)c1. The Bertz CT molecular complexity index is 819. The van der Waals surface area contributed by atoms with Gasteiger partial charge in [0, 0.05) is 39.3 Å². The number of rotatable bonds is 4. The van der Waals surface area contributed by atoms with Crippen LogP contribution < -0.4 is 14.8 Å². The summed E-state index contributed by atoms with van der Waals surface area (Å²) in [7, 11) is 0. The Kier molecular flexibility index (Phi) is 5.45. The van der Waals surface area contributed by atoms with Crippen molar-refractivity contribution >= 4 is 17.3 Å². The molecule has 0 radical (unpaired) electrons. The summed E-state index contributed by atoms with van der Waals surface area (Å²) in [6, 6.07) is 14.8. The zero-order valence-electron chi connectivity index (χ0n) is 15.6. The normalized spacial score (nSPS) is 16.4. The van der Waals surface area contributed by atoms with Crippen LogP contribution in [0.4, 0.5) is 0 Å². The molecule has 27 heavy (non-hydrogen) atoms. The fraction of sp³-hybridized carbons (Fsp3) is 0.381. The minimum atomic E-state index is 0.303. The summed E-state index contributed by atoms with van der Waals surface area (Å²) in [5, 5.41) is 4.20. The molecule has 2 aromatic rings. The molecule has 142 valence electrons. The van der Waals surface area contributed by atoms with Gasteiger partial charge < -0.3 is 19.7 Å². The van der Waals surface area contributed by atoms with Gasteiger partial charge in [0.25, 0.3) is 0 Å². The lowest BCUT2D eigenvalue weighted by Crippen LogP contribution is -2.51. The number of benzene rings is 2. The molecule has 0 saturated carbocycles. The van der Waals surface area contributed by atoms with Gasteiger partial charge in [0.05, 0.1) is 0 Å². The predicted molar refractivity (Wildman–Crippen MR) is 110 cm³/mol. The Labute approximate surface area is 165 Å². The van der Waals surface area contributed by atoms with Gasteiger partial charge in [-0.15, -0.1) is 0 Å². The molecule has 2 aliphatic rings. The van der Waals surface area contributed by atoms with E-state index in [2.05, 4.69) is 46.3 Å². The van der Waals surface area contributed by atoms with E-state index in [4.69, 9.17) is 21.7 Å². The first-order valence-corrected chi connectivity index (χ1v) is 9.77. The van der Waals surface area contributed by atoms with Gasteiger partial charge in [0.15, 0.2) is 16.6 Å². The lowest BCUT2D eigenvalue weighted by atomic mass is 10.1. The van der Waals surface area contributed by atoms with E-state index in [1.807, 2.05) is 18.2 Å². The monoisotopic (exact) mass is 383 g/mol. The van der Waals surface area contributed by atoms with Crippen molar-refractivity contribution in [3.8, 4) is 11.5 Å². The van der Waals surface area contributed by atoms with Crippen LogP contribution in [0.3, 0.4) is 0 Å². The van der Waals surface area contributed by atoms with Crippen LogP contribution in [-0.4, -0.2) is 47.9 Å². The predicted octanol–water partition coefficient (Wildman–Crippen LogP) is 2.92. The minimum absolute atomic E-state index is 0.303.